The average molecular weight is 481 g/mol. The predicted octanol–water partition coefficient (Wildman–Crippen LogP) is 9.43. The van der Waals surface area contributed by atoms with Gasteiger partial charge in [-0.2, -0.15) is 0 Å². The maximum Gasteiger partial charge on any atom is 0.119 e. The number of aryl methyl sites for hydroxylation is 2. The van der Waals surface area contributed by atoms with Crippen molar-refractivity contribution in [1.29, 1.82) is 0 Å². The van der Waals surface area contributed by atoms with Crippen molar-refractivity contribution in [3.8, 4) is 11.5 Å². The predicted molar refractivity (Wildman–Crippen MR) is 151 cm³/mol. The fraction of sp³-hybridized carbons (Fsp3) is 0.636. The Morgan fingerprint density at radius 2 is 0.943 bits per heavy atom. The highest BCUT2D eigenvalue weighted by atomic mass is 16.3. The highest BCUT2D eigenvalue weighted by molar-refractivity contribution is 5.52. The molecule has 2 aromatic rings. The summed E-state index contributed by atoms with van der Waals surface area (Å²) in [6.07, 6.45) is 6.68. The minimum atomic E-state index is -0.506. The van der Waals surface area contributed by atoms with Crippen LogP contribution in [0.3, 0.4) is 0 Å². The normalized spacial score (nSPS) is 14.7. The molecule has 0 aliphatic rings. The summed E-state index contributed by atoms with van der Waals surface area (Å²) in [4.78, 5) is 0. The molecule has 2 N–H and O–H groups in total. The molecule has 0 saturated heterocycles. The summed E-state index contributed by atoms with van der Waals surface area (Å²) in [5, 5.41) is 21.6. The van der Waals surface area contributed by atoms with Crippen LogP contribution < -0.4 is 0 Å². The largest absolute Gasteiger partial charge is 0.508 e. The molecule has 0 aliphatic heterocycles. The molecule has 0 aromatic heterocycles. The first-order valence-corrected chi connectivity index (χ1v) is 13.6. The summed E-state index contributed by atoms with van der Waals surface area (Å²) >= 11 is 0. The van der Waals surface area contributed by atoms with Gasteiger partial charge in [-0.25, -0.2) is 0 Å². The van der Waals surface area contributed by atoms with E-state index >= 15 is 0 Å². The lowest BCUT2D eigenvalue weighted by Crippen LogP contribution is -2.20. The number of benzene rings is 2. The second kappa shape index (κ2) is 11.4. The van der Waals surface area contributed by atoms with Crippen molar-refractivity contribution in [2.24, 2.45) is 22.7 Å². The van der Waals surface area contributed by atoms with E-state index in [1.165, 1.54) is 24.0 Å². The van der Waals surface area contributed by atoms with Gasteiger partial charge in [-0.3, -0.25) is 0 Å². The third-order valence-electron chi connectivity index (χ3n) is 7.24. The highest BCUT2D eigenvalue weighted by Gasteiger charge is 2.30. The molecule has 0 bridgehead atoms. The fourth-order valence-corrected chi connectivity index (χ4v) is 5.74. The van der Waals surface area contributed by atoms with E-state index in [0.717, 1.165) is 36.8 Å². The molecule has 0 heterocycles. The van der Waals surface area contributed by atoms with Crippen molar-refractivity contribution >= 4 is 0 Å². The van der Waals surface area contributed by atoms with Gasteiger partial charge in [0, 0.05) is 16.5 Å². The first kappa shape index (κ1) is 29.3. The standard InChI is InChI=1S/C33H52O2/c1-23(21-31(3,4)5)11-13-25-15-17-29(34)27(19-25)33(9,10)28-20-26(16-18-30(28)35)14-12-24(2)22-32(6,7)8/h15-20,23-24,34-35H,11-14,21-22H2,1-10H3/t23-,24+. The van der Waals surface area contributed by atoms with E-state index in [1.807, 2.05) is 24.3 Å². The van der Waals surface area contributed by atoms with E-state index in [2.05, 4.69) is 81.4 Å². The molecule has 196 valence electrons. The van der Waals surface area contributed by atoms with Gasteiger partial charge in [-0.15, -0.1) is 0 Å². The average Bonchev–Trinajstić information content (AvgIpc) is 2.69. The van der Waals surface area contributed by atoms with Gasteiger partial charge < -0.3 is 10.2 Å². The molecule has 0 spiro atoms. The van der Waals surface area contributed by atoms with E-state index in [-0.39, 0.29) is 0 Å². The molecule has 2 atom stereocenters. The van der Waals surface area contributed by atoms with Crippen LogP contribution in [0.1, 0.15) is 117 Å². The second-order valence-electron chi connectivity index (χ2n) is 14.1. The van der Waals surface area contributed by atoms with Crippen LogP contribution in [0.25, 0.3) is 0 Å². The third kappa shape index (κ3) is 9.21. The summed E-state index contributed by atoms with van der Waals surface area (Å²) in [7, 11) is 0. The summed E-state index contributed by atoms with van der Waals surface area (Å²) in [6, 6.07) is 12.1. The van der Waals surface area contributed by atoms with Crippen LogP contribution in [0.5, 0.6) is 11.5 Å². The zero-order chi connectivity index (χ0) is 26.6. The van der Waals surface area contributed by atoms with Gasteiger partial charge in [0.15, 0.2) is 0 Å². The van der Waals surface area contributed by atoms with Crippen LogP contribution in [0, 0.1) is 22.7 Å². The smallest absolute Gasteiger partial charge is 0.119 e. The minimum absolute atomic E-state index is 0.296. The van der Waals surface area contributed by atoms with Crippen LogP contribution in [-0.4, -0.2) is 10.2 Å². The number of phenolic OH excluding ortho intramolecular Hbond substituents is 2. The van der Waals surface area contributed by atoms with Crippen LogP contribution in [0.15, 0.2) is 36.4 Å². The zero-order valence-corrected chi connectivity index (χ0v) is 24.3. The Morgan fingerprint density at radius 1 is 0.600 bits per heavy atom. The summed E-state index contributed by atoms with van der Waals surface area (Å²) in [5.41, 5.74) is 4.44. The van der Waals surface area contributed by atoms with Crippen molar-refractivity contribution in [1.82, 2.24) is 0 Å². The number of rotatable bonds is 10. The molecule has 0 unspecified atom stereocenters. The van der Waals surface area contributed by atoms with Crippen molar-refractivity contribution in [3.63, 3.8) is 0 Å². The molecule has 2 rings (SSSR count). The lowest BCUT2D eigenvalue weighted by molar-refractivity contribution is 0.296. The SMILES string of the molecule is C[C@H](CCc1ccc(O)c(C(C)(C)c2cc(CC[C@H](C)CC(C)(C)C)ccc2O)c1)CC(C)(C)C. The Bertz CT molecular complexity index is 879. The van der Waals surface area contributed by atoms with E-state index in [4.69, 9.17) is 0 Å². The molecule has 2 aromatic carbocycles. The van der Waals surface area contributed by atoms with Gasteiger partial charge in [0.2, 0.25) is 0 Å². The zero-order valence-electron chi connectivity index (χ0n) is 24.3. The Hall–Kier alpha value is -1.96. The van der Waals surface area contributed by atoms with Crippen LogP contribution in [0.2, 0.25) is 0 Å². The van der Waals surface area contributed by atoms with Crippen molar-refractivity contribution in [3.05, 3.63) is 58.7 Å². The number of hydrogen-bond acceptors (Lipinski definition) is 2. The molecule has 0 aliphatic carbocycles. The molecule has 0 amide bonds. The fourth-order valence-electron chi connectivity index (χ4n) is 5.74. The van der Waals surface area contributed by atoms with Crippen LogP contribution >= 0.6 is 0 Å². The summed E-state index contributed by atoms with van der Waals surface area (Å²) in [6.45, 7) is 22.7. The van der Waals surface area contributed by atoms with Crippen molar-refractivity contribution < 1.29 is 10.2 Å². The van der Waals surface area contributed by atoms with Gasteiger partial charge >= 0.3 is 0 Å². The first-order chi connectivity index (χ1) is 16.0. The van der Waals surface area contributed by atoms with Crippen molar-refractivity contribution in [2.45, 2.75) is 113 Å². The van der Waals surface area contributed by atoms with E-state index in [0.29, 0.717) is 34.2 Å². The first-order valence-electron chi connectivity index (χ1n) is 13.6. The number of phenols is 2. The maximum absolute atomic E-state index is 10.8. The molecule has 0 fully saturated rings. The minimum Gasteiger partial charge on any atom is -0.508 e. The molecule has 0 saturated carbocycles. The Balaban J connectivity index is 2.23. The second-order valence-corrected chi connectivity index (χ2v) is 14.1. The highest BCUT2D eigenvalue weighted by Crippen LogP contribution is 2.42. The Labute approximate surface area is 216 Å². The maximum atomic E-state index is 10.8. The molecular weight excluding hydrogens is 428 g/mol. The van der Waals surface area contributed by atoms with Crippen molar-refractivity contribution in [2.75, 3.05) is 0 Å². The Kier molecular flexibility index (Phi) is 9.53. The van der Waals surface area contributed by atoms with E-state index in [1.54, 1.807) is 0 Å². The van der Waals surface area contributed by atoms with Gasteiger partial charge in [0.1, 0.15) is 11.5 Å². The summed E-state index contributed by atoms with van der Waals surface area (Å²) < 4.78 is 0. The molecule has 0 radical (unpaired) electrons. The number of hydrogen-bond donors (Lipinski definition) is 2. The quantitative estimate of drug-likeness (QED) is 0.355. The molecule has 35 heavy (non-hydrogen) atoms. The lowest BCUT2D eigenvalue weighted by Gasteiger charge is -2.29. The number of aromatic hydroxyl groups is 2. The molecule has 2 nitrogen and oxygen atoms in total. The summed E-state index contributed by atoms with van der Waals surface area (Å²) in [5.74, 6) is 1.90. The van der Waals surface area contributed by atoms with Gasteiger partial charge in [0.05, 0.1) is 0 Å². The van der Waals surface area contributed by atoms with E-state index in [9.17, 15) is 10.2 Å². The van der Waals surface area contributed by atoms with E-state index < -0.39 is 5.41 Å². The van der Waals surface area contributed by atoms with Crippen LogP contribution in [-0.2, 0) is 18.3 Å². The third-order valence-corrected chi connectivity index (χ3v) is 7.24. The Morgan fingerprint density at radius 3 is 1.26 bits per heavy atom. The van der Waals surface area contributed by atoms with Crippen LogP contribution in [0.4, 0.5) is 0 Å². The topological polar surface area (TPSA) is 40.5 Å². The lowest BCUT2D eigenvalue weighted by atomic mass is 9.75. The van der Waals surface area contributed by atoms with Gasteiger partial charge in [-0.1, -0.05) is 93.5 Å². The molecular formula is C33H52O2. The molecule has 2 heteroatoms. The van der Waals surface area contributed by atoms with Gasteiger partial charge in [0.25, 0.3) is 0 Å². The van der Waals surface area contributed by atoms with Gasteiger partial charge in [-0.05, 0) is 84.5 Å². The monoisotopic (exact) mass is 480 g/mol.